The van der Waals surface area contributed by atoms with E-state index in [1.807, 2.05) is 36.4 Å². The van der Waals surface area contributed by atoms with Gasteiger partial charge in [0.05, 0.1) is 5.69 Å². The van der Waals surface area contributed by atoms with E-state index in [0.29, 0.717) is 5.89 Å². The topological polar surface area (TPSA) is 42.4 Å². The van der Waals surface area contributed by atoms with E-state index in [0.717, 1.165) is 66.4 Å². The normalized spacial score (nSPS) is 13.1. The van der Waals surface area contributed by atoms with Crippen LogP contribution in [0, 0.1) is 0 Å². The lowest BCUT2D eigenvalue weighted by molar-refractivity contribution is 0.620. The maximum absolute atomic E-state index is 6.68. The zero-order chi connectivity index (χ0) is 36.0. The molecule has 0 atom stereocenters. The summed E-state index contributed by atoms with van der Waals surface area (Å²) >= 11 is 0. The molecule has 0 radical (unpaired) electrons. The number of hydrogen-bond donors (Lipinski definition) is 0. The molecule has 256 valence electrons. The quantitative estimate of drug-likeness (QED) is 0.180. The fourth-order valence-electron chi connectivity index (χ4n) is 8.58. The monoisotopic (exact) mass is 694 g/mol. The fraction of sp³-hybridized carbons (Fsp3) is 0.0600. The van der Waals surface area contributed by atoms with Crippen molar-refractivity contribution in [2.24, 2.45) is 0 Å². The van der Waals surface area contributed by atoms with Gasteiger partial charge in [-0.25, -0.2) is 4.98 Å². The van der Waals surface area contributed by atoms with Crippen LogP contribution >= 0.6 is 0 Å². The minimum atomic E-state index is -0.140. The molecule has 0 N–H and O–H groups in total. The van der Waals surface area contributed by atoms with E-state index in [-0.39, 0.29) is 5.41 Å². The zero-order valence-corrected chi connectivity index (χ0v) is 29.9. The first-order valence-corrected chi connectivity index (χ1v) is 18.5. The molecule has 2 aromatic heterocycles. The molecule has 2 heterocycles. The predicted octanol–water partition coefficient (Wildman–Crippen LogP) is 14.0. The lowest BCUT2D eigenvalue weighted by Crippen LogP contribution is -2.16. The second-order valence-electron chi connectivity index (χ2n) is 14.8. The third kappa shape index (κ3) is 4.60. The summed E-state index contributed by atoms with van der Waals surface area (Å²) in [5.41, 5.74) is 15.0. The van der Waals surface area contributed by atoms with Crippen molar-refractivity contribution in [1.82, 2.24) is 4.98 Å². The van der Waals surface area contributed by atoms with Crippen molar-refractivity contribution in [2.45, 2.75) is 19.3 Å². The van der Waals surface area contributed by atoms with Crippen LogP contribution in [0.4, 0.5) is 17.1 Å². The molecule has 0 fully saturated rings. The van der Waals surface area contributed by atoms with Gasteiger partial charge < -0.3 is 13.7 Å². The van der Waals surface area contributed by atoms with Gasteiger partial charge in [0.15, 0.2) is 5.58 Å². The number of benzene rings is 8. The molecule has 8 aromatic carbocycles. The van der Waals surface area contributed by atoms with Crippen molar-refractivity contribution < 1.29 is 8.83 Å². The van der Waals surface area contributed by atoms with Crippen LogP contribution < -0.4 is 4.90 Å². The molecule has 0 spiro atoms. The van der Waals surface area contributed by atoms with Crippen LogP contribution in [0.2, 0.25) is 0 Å². The summed E-state index contributed by atoms with van der Waals surface area (Å²) in [6, 6.07) is 60.3. The molecular formula is C50H34N2O2. The highest BCUT2D eigenvalue weighted by atomic mass is 16.3. The predicted molar refractivity (Wildman–Crippen MR) is 222 cm³/mol. The third-order valence-electron chi connectivity index (χ3n) is 11.3. The number of furan rings is 1. The average molecular weight is 695 g/mol. The van der Waals surface area contributed by atoms with Crippen LogP contribution in [0.25, 0.3) is 77.5 Å². The molecule has 0 amide bonds. The Hall–Kier alpha value is -6.91. The molecule has 4 nitrogen and oxygen atoms in total. The summed E-state index contributed by atoms with van der Waals surface area (Å²) in [4.78, 5) is 7.22. The minimum absolute atomic E-state index is 0.140. The Bertz CT molecular complexity index is 3050. The summed E-state index contributed by atoms with van der Waals surface area (Å²) in [5, 5.41) is 4.22. The van der Waals surface area contributed by atoms with E-state index < -0.39 is 0 Å². The highest BCUT2D eigenvalue weighted by molar-refractivity contribution is 6.20. The van der Waals surface area contributed by atoms with E-state index in [1.54, 1.807) is 0 Å². The maximum atomic E-state index is 6.68. The summed E-state index contributed by atoms with van der Waals surface area (Å²) < 4.78 is 12.9. The maximum Gasteiger partial charge on any atom is 0.227 e. The smallest absolute Gasteiger partial charge is 0.227 e. The molecular weight excluding hydrogens is 661 g/mol. The van der Waals surface area contributed by atoms with E-state index in [1.165, 1.54) is 33.4 Å². The van der Waals surface area contributed by atoms with Gasteiger partial charge in [0.1, 0.15) is 16.7 Å². The molecule has 0 saturated carbocycles. The molecule has 0 aliphatic heterocycles. The molecule has 0 unspecified atom stereocenters. The van der Waals surface area contributed by atoms with Crippen molar-refractivity contribution in [3.8, 4) is 33.7 Å². The average Bonchev–Trinajstić information content (AvgIpc) is 3.89. The first kappa shape index (κ1) is 30.7. The second-order valence-corrected chi connectivity index (χ2v) is 14.8. The summed E-state index contributed by atoms with van der Waals surface area (Å²) in [5.74, 6) is 0.593. The van der Waals surface area contributed by atoms with Crippen LogP contribution in [0.15, 0.2) is 179 Å². The summed E-state index contributed by atoms with van der Waals surface area (Å²) in [7, 11) is 0. The molecule has 1 aliphatic rings. The van der Waals surface area contributed by atoms with Crippen LogP contribution in [-0.2, 0) is 5.41 Å². The SMILES string of the molecule is CC1(C)c2ccccc2-c2ccc(N(c3ccc(-c4ccccc4)cc3)c3cc4c5cc(-c6nc7ccccc7o6)ccc5oc4c4ccccc34)cc21. The molecule has 54 heavy (non-hydrogen) atoms. The van der Waals surface area contributed by atoms with Gasteiger partial charge in [-0.05, 0) is 94.0 Å². The van der Waals surface area contributed by atoms with Crippen molar-refractivity contribution in [2.75, 3.05) is 4.90 Å². The van der Waals surface area contributed by atoms with Crippen molar-refractivity contribution >= 4 is 60.9 Å². The number of nitrogens with zero attached hydrogens (tertiary/aromatic N) is 2. The Morgan fingerprint density at radius 3 is 2.00 bits per heavy atom. The number of anilines is 3. The van der Waals surface area contributed by atoms with E-state index >= 15 is 0 Å². The Kier molecular flexibility index (Phi) is 6.56. The van der Waals surface area contributed by atoms with E-state index in [9.17, 15) is 0 Å². The third-order valence-corrected chi connectivity index (χ3v) is 11.3. The molecule has 10 aromatic rings. The Labute approximate surface area is 312 Å². The number of aromatic nitrogens is 1. The molecule has 4 heteroatoms. The first-order valence-electron chi connectivity index (χ1n) is 18.5. The van der Waals surface area contributed by atoms with Crippen LogP contribution in [0.5, 0.6) is 0 Å². The van der Waals surface area contributed by atoms with E-state index in [4.69, 9.17) is 13.8 Å². The van der Waals surface area contributed by atoms with Crippen molar-refractivity contribution in [3.63, 3.8) is 0 Å². The van der Waals surface area contributed by atoms with Gasteiger partial charge in [-0.3, -0.25) is 0 Å². The number of para-hydroxylation sites is 2. The molecule has 1 aliphatic carbocycles. The lowest BCUT2D eigenvalue weighted by Gasteiger charge is -2.29. The van der Waals surface area contributed by atoms with Crippen molar-refractivity contribution in [1.29, 1.82) is 0 Å². The van der Waals surface area contributed by atoms with Gasteiger partial charge in [-0.2, -0.15) is 0 Å². The second kappa shape index (κ2) is 11.5. The highest BCUT2D eigenvalue weighted by Crippen LogP contribution is 2.52. The zero-order valence-electron chi connectivity index (χ0n) is 29.9. The first-order chi connectivity index (χ1) is 26.5. The minimum Gasteiger partial charge on any atom is -0.455 e. The lowest BCUT2D eigenvalue weighted by atomic mass is 9.82. The summed E-state index contributed by atoms with van der Waals surface area (Å²) in [6.07, 6.45) is 0. The van der Waals surface area contributed by atoms with Gasteiger partial charge in [0, 0.05) is 43.9 Å². The fourth-order valence-corrected chi connectivity index (χ4v) is 8.58. The number of hydrogen-bond acceptors (Lipinski definition) is 4. The Morgan fingerprint density at radius 1 is 0.463 bits per heavy atom. The Morgan fingerprint density at radius 2 is 1.15 bits per heavy atom. The van der Waals surface area contributed by atoms with Gasteiger partial charge in [-0.15, -0.1) is 0 Å². The number of oxazole rings is 1. The number of rotatable bonds is 5. The van der Waals surface area contributed by atoms with Crippen molar-refractivity contribution in [3.05, 3.63) is 181 Å². The largest absolute Gasteiger partial charge is 0.455 e. The molecule has 11 rings (SSSR count). The standard InChI is InChI=1S/C50H34N2O2/c1-50(2)42-17-9-8-14-36(42)37-26-25-35(29-43(37)50)52(34-23-20-32(21-24-34)31-12-4-3-5-13-31)45-30-41-40-28-33(49-51-44-18-10-11-19-47(44)54-49)22-27-46(40)53-48(41)39-16-7-6-15-38(39)45/h3-30H,1-2H3. The highest BCUT2D eigenvalue weighted by Gasteiger charge is 2.36. The summed E-state index contributed by atoms with van der Waals surface area (Å²) in [6.45, 7) is 4.68. The molecule has 0 bridgehead atoms. The molecule has 0 saturated heterocycles. The van der Waals surface area contributed by atoms with Gasteiger partial charge in [0.25, 0.3) is 0 Å². The van der Waals surface area contributed by atoms with Crippen LogP contribution in [-0.4, -0.2) is 4.98 Å². The van der Waals surface area contributed by atoms with Gasteiger partial charge >= 0.3 is 0 Å². The van der Waals surface area contributed by atoms with Crippen LogP contribution in [0.1, 0.15) is 25.0 Å². The Balaban J connectivity index is 1.15. The van der Waals surface area contributed by atoms with Gasteiger partial charge in [-0.1, -0.05) is 123 Å². The van der Waals surface area contributed by atoms with E-state index in [2.05, 4.69) is 152 Å². The number of fused-ring (bicyclic) bond motifs is 9. The van der Waals surface area contributed by atoms with Gasteiger partial charge in [0.2, 0.25) is 5.89 Å². The van der Waals surface area contributed by atoms with Crippen LogP contribution in [0.3, 0.4) is 0 Å².